The van der Waals surface area contributed by atoms with E-state index in [1.807, 2.05) is 127 Å². The monoisotopic (exact) mass is 730 g/mol. The Kier molecular flexibility index (Phi) is 11.3. The summed E-state index contributed by atoms with van der Waals surface area (Å²) < 4.78 is 16.7. The first-order chi connectivity index (χ1) is 27.0. The lowest BCUT2D eigenvalue weighted by molar-refractivity contribution is -0.147. The van der Waals surface area contributed by atoms with E-state index in [0.29, 0.717) is 5.75 Å². The van der Waals surface area contributed by atoms with Crippen LogP contribution in [0, 0.1) is 0 Å². The van der Waals surface area contributed by atoms with Crippen LogP contribution in [0.15, 0.2) is 164 Å². The molecule has 7 rings (SSSR count). The van der Waals surface area contributed by atoms with Gasteiger partial charge < -0.3 is 24.8 Å². The molecule has 0 aromatic heterocycles. The van der Waals surface area contributed by atoms with Gasteiger partial charge in [-0.2, -0.15) is 0 Å². The molecule has 55 heavy (non-hydrogen) atoms. The minimum Gasteiger partial charge on any atom is -0.497 e. The largest absolute Gasteiger partial charge is 0.497 e. The van der Waals surface area contributed by atoms with E-state index >= 15 is 0 Å². The number of amides is 2. The molecule has 0 aliphatic heterocycles. The third-order valence-electron chi connectivity index (χ3n) is 10.1. The van der Waals surface area contributed by atoms with Crippen molar-refractivity contribution in [2.45, 2.75) is 36.9 Å². The van der Waals surface area contributed by atoms with Crippen LogP contribution in [0.4, 0.5) is 4.79 Å². The smallest absolute Gasteiger partial charge is 0.407 e. The molecule has 276 valence electrons. The fourth-order valence-electron chi connectivity index (χ4n) is 7.34. The lowest BCUT2D eigenvalue weighted by Gasteiger charge is -2.37. The number of fused-ring (bicyclic) bond motifs is 3. The van der Waals surface area contributed by atoms with Crippen molar-refractivity contribution in [3.63, 3.8) is 0 Å². The zero-order chi connectivity index (χ0) is 38.0. The predicted molar refractivity (Wildman–Crippen MR) is 211 cm³/mol. The van der Waals surface area contributed by atoms with E-state index in [1.54, 1.807) is 31.4 Å². The minimum absolute atomic E-state index is 0.0307. The first-order valence-electron chi connectivity index (χ1n) is 18.3. The summed E-state index contributed by atoms with van der Waals surface area (Å²) in [6, 6.07) is 51.5. The van der Waals surface area contributed by atoms with Gasteiger partial charge in [-0.1, -0.05) is 152 Å². The highest BCUT2D eigenvalue weighted by Crippen LogP contribution is 2.44. The second-order valence-corrected chi connectivity index (χ2v) is 13.4. The number of carbonyl (C=O) groups is 3. The molecule has 0 unspecified atom stereocenters. The van der Waals surface area contributed by atoms with Crippen molar-refractivity contribution >= 4 is 18.0 Å². The van der Waals surface area contributed by atoms with E-state index in [1.165, 1.54) is 0 Å². The van der Waals surface area contributed by atoms with Gasteiger partial charge in [0, 0.05) is 12.3 Å². The number of benzene rings is 6. The van der Waals surface area contributed by atoms with E-state index in [4.69, 9.17) is 14.2 Å². The maximum Gasteiger partial charge on any atom is 0.407 e. The summed E-state index contributed by atoms with van der Waals surface area (Å²) in [4.78, 5) is 41.3. The molecular formula is C47H42N2O6. The molecule has 6 aromatic rings. The number of hydrogen-bond acceptors (Lipinski definition) is 6. The fraction of sp³-hybridized carbons (Fsp3) is 0.170. The number of hydrogen-bond donors (Lipinski definition) is 2. The van der Waals surface area contributed by atoms with Crippen LogP contribution in [-0.2, 0) is 31.2 Å². The zero-order valence-corrected chi connectivity index (χ0v) is 30.5. The predicted octanol–water partition coefficient (Wildman–Crippen LogP) is 8.53. The van der Waals surface area contributed by atoms with Crippen molar-refractivity contribution in [2.24, 2.45) is 0 Å². The molecule has 0 saturated heterocycles. The molecule has 2 amide bonds. The summed E-state index contributed by atoms with van der Waals surface area (Å²) in [5.74, 6) is -0.489. The highest BCUT2D eigenvalue weighted by Gasteiger charge is 2.38. The van der Waals surface area contributed by atoms with Crippen LogP contribution in [0.5, 0.6) is 5.75 Å². The maximum absolute atomic E-state index is 14.1. The van der Waals surface area contributed by atoms with Crippen LogP contribution in [0.1, 0.15) is 52.1 Å². The fourth-order valence-corrected chi connectivity index (χ4v) is 7.34. The maximum atomic E-state index is 14.1. The molecule has 1 aliphatic carbocycles. The molecule has 2 N–H and O–H groups in total. The van der Waals surface area contributed by atoms with E-state index < -0.39 is 23.6 Å². The van der Waals surface area contributed by atoms with Gasteiger partial charge in [-0.15, -0.1) is 0 Å². The Hall–Kier alpha value is -6.67. The minimum atomic E-state index is -1.17. The molecule has 1 aliphatic rings. The number of nitrogens with one attached hydrogen (secondary N) is 2. The molecule has 6 aromatic carbocycles. The summed E-state index contributed by atoms with van der Waals surface area (Å²) in [7, 11) is 1.58. The van der Waals surface area contributed by atoms with Gasteiger partial charge in [-0.25, -0.2) is 9.59 Å². The summed E-state index contributed by atoms with van der Waals surface area (Å²) in [5, 5.41) is 6.05. The van der Waals surface area contributed by atoms with E-state index in [2.05, 4.69) is 22.8 Å². The molecule has 0 fully saturated rings. The van der Waals surface area contributed by atoms with Gasteiger partial charge >= 0.3 is 12.1 Å². The third-order valence-corrected chi connectivity index (χ3v) is 10.1. The SMILES string of the molecule is COc1ccc(COC(=O)[C@@H](CCC(=O)NC(c2ccccc2)(c2ccccc2)c2ccccc2)NC(=O)OCC2c3ccccc3-c3ccccc32)cc1. The highest BCUT2D eigenvalue weighted by molar-refractivity contribution is 5.84. The number of carbonyl (C=O) groups excluding carboxylic acids is 3. The van der Waals surface area contributed by atoms with Crippen molar-refractivity contribution < 1.29 is 28.6 Å². The molecule has 0 bridgehead atoms. The van der Waals surface area contributed by atoms with E-state index in [0.717, 1.165) is 44.5 Å². The van der Waals surface area contributed by atoms with Crippen LogP contribution < -0.4 is 15.4 Å². The van der Waals surface area contributed by atoms with Crippen molar-refractivity contribution in [3.8, 4) is 16.9 Å². The Morgan fingerprint density at radius 1 is 0.618 bits per heavy atom. The Bertz CT molecular complexity index is 2080. The molecule has 8 nitrogen and oxygen atoms in total. The van der Waals surface area contributed by atoms with Crippen molar-refractivity contribution in [1.29, 1.82) is 0 Å². The van der Waals surface area contributed by atoms with Gasteiger partial charge in [0.25, 0.3) is 0 Å². The van der Waals surface area contributed by atoms with Crippen LogP contribution in [0.25, 0.3) is 11.1 Å². The van der Waals surface area contributed by atoms with Gasteiger partial charge in [-0.05, 0) is 63.1 Å². The van der Waals surface area contributed by atoms with Crippen molar-refractivity contribution in [3.05, 3.63) is 197 Å². The molecule has 0 saturated carbocycles. The van der Waals surface area contributed by atoms with Crippen molar-refractivity contribution in [1.82, 2.24) is 10.6 Å². The molecule has 0 heterocycles. The Morgan fingerprint density at radius 3 is 1.62 bits per heavy atom. The third kappa shape index (κ3) is 8.14. The molecule has 1 atom stereocenters. The van der Waals surface area contributed by atoms with Gasteiger partial charge in [0.05, 0.1) is 7.11 Å². The van der Waals surface area contributed by atoms with Crippen LogP contribution in [0.3, 0.4) is 0 Å². The first kappa shape index (κ1) is 36.7. The van der Waals surface area contributed by atoms with Gasteiger partial charge in [-0.3, -0.25) is 4.79 Å². The average molecular weight is 731 g/mol. The summed E-state index contributed by atoms with van der Waals surface area (Å²) in [6.45, 7) is 0.0404. The summed E-state index contributed by atoms with van der Waals surface area (Å²) in [5.41, 5.74) is 6.67. The van der Waals surface area contributed by atoms with Gasteiger partial charge in [0.1, 0.15) is 30.5 Å². The van der Waals surface area contributed by atoms with Gasteiger partial charge in [0.2, 0.25) is 5.91 Å². The Balaban J connectivity index is 1.10. The van der Waals surface area contributed by atoms with Gasteiger partial charge in [0.15, 0.2) is 0 Å². The molecular weight excluding hydrogens is 689 g/mol. The van der Waals surface area contributed by atoms with E-state index in [9.17, 15) is 14.4 Å². The number of rotatable bonds is 14. The summed E-state index contributed by atoms with van der Waals surface area (Å²) >= 11 is 0. The van der Waals surface area contributed by atoms with Crippen molar-refractivity contribution in [2.75, 3.05) is 13.7 Å². The molecule has 8 heteroatoms. The standard InChI is InChI=1S/C47H42N2O6/c1-53-37-27-25-33(26-28-37)31-54-45(51)43(48-46(52)55-32-42-40-23-13-11-21-38(40)39-22-12-14-24-41(39)42)29-30-44(50)49-47(34-15-5-2-6-16-34,35-17-7-3-8-18-35)36-19-9-4-10-20-36/h2-28,42-43H,29-32H2,1H3,(H,48,52)(H,49,50)/t43-/m1/s1. The number of esters is 1. The van der Waals surface area contributed by atoms with Crippen LogP contribution in [0.2, 0.25) is 0 Å². The molecule has 0 spiro atoms. The first-order valence-corrected chi connectivity index (χ1v) is 18.3. The lowest BCUT2D eigenvalue weighted by Crippen LogP contribution is -2.48. The van der Waals surface area contributed by atoms with Crippen LogP contribution >= 0.6 is 0 Å². The molecule has 0 radical (unpaired) electrons. The number of ether oxygens (including phenoxy) is 3. The quantitative estimate of drug-likeness (QED) is 0.0861. The normalized spacial score (nSPS) is 12.5. The second-order valence-electron chi connectivity index (χ2n) is 13.4. The highest BCUT2D eigenvalue weighted by atomic mass is 16.6. The van der Waals surface area contributed by atoms with Crippen LogP contribution in [-0.4, -0.2) is 37.7 Å². The average Bonchev–Trinajstić information content (AvgIpc) is 3.57. The lowest BCUT2D eigenvalue weighted by atomic mass is 9.77. The topological polar surface area (TPSA) is 103 Å². The Morgan fingerprint density at radius 2 is 1.11 bits per heavy atom. The zero-order valence-electron chi connectivity index (χ0n) is 30.5. The number of methoxy groups -OCH3 is 1. The summed E-state index contributed by atoms with van der Waals surface area (Å²) in [6.07, 6.45) is -0.910. The second kappa shape index (κ2) is 17.0. The Labute approximate surface area is 321 Å². The van der Waals surface area contributed by atoms with E-state index in [-0.39, 0.29) is 37.9 Å². The number of alkyl carbamates (subject to hydrolysis) is 1.